The standard InChI is InChI=1S/C14H22FNO.ClH/c1-12(16-11-7-3-6-10-15)14(17)13-8-4-2-5-9-13;/h2,4-5,8-9,12,14,16-17H,3,6-7,10-11H2,1H3;1H. The summed E-state index contributed by atoms with van der Waals surface area (Å²) in [6.45, 7) is 2.75. The van der Waals surface area contributed by atoms with Gasteiger partial charge in [-0.2, -0.15) is 0 Å². The van der Waals surface area contributed by atoms with Gasteiger partial charge in [-0.05, 0) is 31.7 Å². The van der Waals surface area contributed by atoms with Gasteiger partial charge in [-0.1, -0.05) is 30.3 Å². The Morgan fingerprint density at radius 1 is 1.17 bits per heavy atom. The molecule has 0 amide bonds. The first-order valence-electron chi connectivity index (χ1n) is 6.38. The fourth-order valence-electron chi connectivity index (χ4n) is 1.88. The van der Waals surface area contributed by atoms with Crippen LogP contribution in [0.4, 0.5) is 4.39 Å². The highest BCUT2D eigenvalue weighted by Gasteiger charge is 2.18. The number of alkyl halides is 1. The van der Waals surface area contributed by atoms with E-state index in [-0.39, 0.29) is 25.1 Å². The molecule has 0 saturated carbocycles. The second kappa shape index (κ2) is 10.3. The van der Waals surface area contributed by atoms with Gasteiger partial charge in [0.05, 0.1) is 13.2 Å². The van der Waals surface area contributed by atoms with Gasteiger partial charge in [-0.3, -0.25) is 4.39 Å². The molecule has 0 fully saturated rings. The molecule has 104 valence electrons. The van der Waals surface area contributed by atoms with Gasteiger partial charge in [0.2, 0.25) is 0 Å². The van der Waals surface area contributed by atoms with E-state index in [0.717, 1.165) is 24.9 Å². The number of nitrogens with two attached hydrogens (primary N) is 1. The number of halogens is 2. The van der Waals surface area contributed by atoms with Crippen molar-refractivity contribution in [3.63, 3.8) is 0 Å². The Bertz CT molecular complexity index is 297. The van der Waals surface area contributed by atoms with E-state index in [4.69, 9.17) is 0 Å². The molecule has 0 bridgehead atoms. The van der Waals surface area contributed by atoms with E-state index in [1.807, 2.05) is 37.3 Å². The van der Waals surface area contributed by atoms with Crippen molar-refractivity contribution in [3.05, 3.63) is 35.9 Å². The number of aliphatic hydroxyl groups is 1. The molecular formula is C14H23ClFNO. The quantitative estimate of drug-likeness (QED) is 0.576. The van der Waals surface area contributed by atoms with E-state index < -0.39 is 6.10 Å². The summed E-state index contributed by atoms with van der Waals surface area (Å²) in [6.07, 6.45) is 2.16. The third-order valence-electron chi connectivity index (χ3n) is 3.02. The number of hydrogen-bond donors (Lipinski definition) is 2. The van der Waals surface area contributed by atoms with Gasteiger partial charge in [-0.25, -0.2) is 0 Å². The first-order chi connectivity index (χ1) is 8.25. The largest absolute Gasteiger partial charge is 1.00 e. The first kappa shape index (κ1) is 17.4. The second-order valence-electron chi connectivity index (χ2n) is 4.49. The van der Waals surface area contributed by atoms with Gasteiger partial charge in [-0.15, -0.1) is 0 Å². The number of rotatable bonds is 8. The Hall–Kier alpha value is -0.640. The lowest BCUT2D eigenvalue weighted by Gasteiger charge is -2.17. The van der Waals surface area contributed by atoms with Crippen LogP contribution >= 0.6 is 0 Å². The molecule has 1 aromatic rings. The zero-order chi connectivity index (χ0) is 12.5. The minimum absolute atomic E-state index is 0. The van der Waals surface area contributed by atoms with Crippen LogP contribution in [0.15, 0.2) is 30.3 Å². The van der Waals surface area contributed by atoms with E-state index in [1.54, 1.807) is 0 Å². The van der Waals surface area contributed by atoms with Gasteiger partial charge >= 0.3 is 0 Å². The molecule has 2 atom stereocenters. The van der Waals surface area contributed by atoms with Crippen LogP contribution < -0.4 is 17.7 Å². The molecular weight excluding hydrogens is 253 g/mol. The van der Waals surface area contributed by atoms with Crippen LogP contribution in [0, 0.1) is 0 Å². The maximum Gasteiger partial charge on any atom is 0.130 e. The summed E-state index contributed by atoms with van der Waals surface area (Å²) in [6, 6.07) is 9.85. The Kier molecular flexibility index (Phi) is 9.93. The Labute approximate surface area is 115 Å². The molecule has 0 saturated heterocycles. The fraction of sp³-hybridized carbons (Fsp3) is 0.571. The van der Waals surface area contributed by atoms with Crippen LogP contribution in [0.1, 0.15) is 37.9 Å². The van der Waals surface area contributed by atoms with Crippen LogP contribution in [0.25, 0.3) is 0 Å². The van der Waals surface area contributed by atoms with Crippen molar-refractivity contribution in [2.75, 3.05) is 13.2 Å². The number of hydrogen-bond acceptors (Lipinski definition) is 1. The van der Waals surface area contributed by atoms with Crippen molar-refractivity contribution in [1.82, 2.24) is 0 Å². The third-order valence-corrected chi connectivity index (χ3v) is 3.02. The zero-order valence-electron chi connectivity index (χ0n) is 10.9. The Morgan fingerprint density at radius 2 is 1.83 bits per heavy atom. The second-order valence-corrected chi connectivity index (χ2v) is 4.49. The predicted octanol–water partition coefficient (Wildman–Crippen LogP) is -1.18. The molecule has 0 heterocycles. The van der Waals surface area contributed by atoms with Gasteiger partial charge in [0.1, 0.15) is 12.1 Å². The molecule has 0 spiro atoms. The highest BCUT2D eigenvalue weighted by Crippen LogP contribution is 2.13. The summed E-state index contributed by atoms with van der Waals surface area (Å²) in [4.78, 5) is 0. The molecule has 0 radical (unpaired) electrons. The van der Waals surface area contributed by atoms with E-state index in [9.17, 15) is 9.50 Å². The molecule has 4 heteroatoms. The smallest absolute Gasteiger partial charge is 0.130 e. The molecule has 1 aromatic carbocycles. The number of unbranched alkanes of at least 4 members (excludes halogenated alkanes) is 2. The van der Waals surface area contributed by atoms with E-state index >= 15 is 0 Å². The van der Waals surface area contributed by atoms with Crippen molar-refractivity contribution in [3.8, 4) is 0 Å². The Balaban J connectivity index is 0.00000289. The van der Waals surface area contributed by atoms with Crippen molar-refractivity contribution in [2.24, 2.45) is 0 Å². The summed E-state index contributed by atoms with van der Waals surface area (Å²) in [7, 11) is 0. The van der Waals surface area contributed by atoms with E-state index in [1.165, 1.54) is 0 Å². The molecule has 0 aromatic heterocycles. The van der Waals surface area contributed by atoms with E-state index in [2.05, 4.69) is 5.32 Å². The van der Waals surface area contributed by atoms with Crippen LogP contribution in [-0.2, 0) is 0 Å². The minimum atomic E-state index is -0.433. The summed E-state index contributed by atoms with van der Waals surface area (Å²) in [5, 5.41) is 12.2. The topological polar surface area (TPSA) is 36.8 Å². The van der Waals surface area contributed by atoms with Gasteiger partial charge in [0.15, 0.2) is 0 Å². The molecule has 3 N–H and O–H groups in total. The summed E-state index contributed by atoms with van der Waals surface area (Å²) in [5.41, 5.74) is 0.958. The molecule has 0 aliphatic rings. The van der Waals surface area contributed by atoms with Crippen molar-refractivity contribution in [1.29, 1.82) is 0 Å². The van der Waals surface area contributed by atoms with Gasteiger partial charge in [0, 0.05) is 0 Å². The average molecular weight is 276 g/mol. The van der Waals surface area contributed by atoms with Crippen molar-refractivity contribution < 1.29 is 27.2 Å². The van der Waals surface area contributed by atoms with Crippen LogP contribution in [0.2, 0.25) is 0 Å². The van der Waals surface area contributed by atoms with Gasteiger partial charge < -0.3 is 22.8 Å². The number of benzene rings is 1. The van der Waals surface area contributed by atoms with Crippen molar-refractivity contribution >= 4 is 0 Å². The lowest BCUT2D eigenvalue weighted by atomic mass is 10.0. The van der Waals surface area contributed by atoms with Gasteiger partial charge in [0.25, 0.3) is 0 Å². The summed E-state index contributed by atoms with van der Waals surface area (Å²) < 4.78 is 11.9. The molecule has 0 aliphatic carbocycles. The van der Waals surface area contributed by atoms with Crippen LogP contribution in [0.3, 0.4) is 0 Å². The molecule has 2 unspecified atom stereocenters. The SMILES string of the molecule is CC([NH2+]CCCCCF)C(O)c1ccccc1.[Cl-]. The summed E-state index contributed by atoms with van der Waals surface area (Å²) in [5.74, 6) is 0. The van der Waals surface area contributed by atoms with Crippen molar-refractivity contribution in [2.45, 2.75) is 38.3 Å². The predicted molar refractivity (Wildman–Crippen MR) is 67.5 cm³/mol. The minimum Gasteiger partial charge on any atom is -1.00 e. The maximum absolute atomic E-state index is 11.9. The fourth-order valence-corrected chi connectivity index (χ4v) is 1.88. The number of quaternary nitrogens is 1. The average Bonchev–Trinajstić information content (AvgIpc) is 2.38. The zero-order valence-corrected chi connectivity index (χ0v) is 11.6. The maximum atomic E-state index is 11.9. The lowest BCUT2D eigenvalue weighted by molar-refractivity contribution is -0.694. The van der Waals surface area contributed by atoms with Crippen LogP contribution in [-0.4, -0.2) is 24.4 Å². The normalized spacial score (nSPS) is 13.7. The number of aliphatic hydroxyl groups excluding tert-OH is 1. The third kappa shape index (κ3) is 6.34. The molecule has 1 rings (SSSR count). The molecule has 0 aliphatic heterocycles. The highest BCUT2D eigenvalue weighted by atomic mass is 35.5. The molecule has 18 heavy (non-hydrogen) atoms. The molecule has 2 nitrogen and oxygen atoms in total. The summed E-state index contributed by atoms with van der Waals surface area (Å²) >= 11 is 0. The lowest BCUT2D eigenvalue weighted by Crippen LogP contribution is -3.00. The highest BCUT2D eigenvalue weighted by molar-refractivity contribution is 5.17. The van der Waals surface area contributed by atoms with Crippen LogP contribution in [0.5, 0.6) is 0 Å². The van der Waals surface area contributed by atoms with E-state index in [0.29, 0.717) is 6.42 Å². The first-order valence-corrected chi connectivity index (χ1v) is 6.38. The monoisotopic (exact) mass is 275 g/mol. The Morgan fingerprint density at radius 3 is 2.44 bits per heavy atom.